The number of aromatic carboxylic acids is 1. The van der Waals surface area contributed by atoms with Crippen molar-refractivity contribution in [1.29, 1.82) is 5.26 Å². The Morgan fingerprint density at radius 1 is 1.80 bits per heavy atom. The zero-order valence-electron chi connectivity index (χ0n) is 4.87. The summed E-state index contributed by atoms with van der Waals surface area (Å²) in [4.78, 5) is 10.2. The van der Waals surface area contributed by atoms with Gasteiger partial charge in [-0.3, -0.25) is 0 Å². The highest BCUT2D eigenvalue weighted by Crippen LogP contribution is 2.07. The molecule has 0 radical (unpaired) electrons. The highest BCUT2D eigenvalue weighted by molar-refractivity contribution is 5.89. The lowest BCUT2D eigenvalue weighted by Gasteiger charge is -1.83. The van der Waals surface area contributed by atoms with E-state index in [2.05, 4.69) is 4.42 Å². The van der Waals surface area contributed by atoms with Crippen LogP contribution in [0.3, 0.4) is 0 Å². The molecule has 4 heteroatoms. The number of carboxylic acids is 1. The predicted molar refractivity (Wildman–Crippen MR) is 30.4 cm³/mol. The van der Waals surface area contributed by atoms with Crippen molar-refractivity contribution in [3.63, 3.8) is 0 Å². The van der Waals surface area contributed by atoms with Crippen LogP contribution in [0, 0.1) is 11.3 Å². The lowest BCUT2D eigenvalue weighted by Crippen LogP contribution is -1.95. The molecule has 1 aromatic rings. The number of nitriles is 1. The summed E-state index contributed by atoms with van der Waals surface area (Å²) >= 11 is 0. The molecule has 0 unspecified atom stereocenters. The number of furan rings is 1. The Balaban J connectivity index is 3.17. The summed E-state index contributed by atoms with van der Waals surface area (Å²) in [6.45, 7) is 0. The second-order valence-electron chi connectivity index (χ2n) is 1.58. The molecule has 10 heavy (non-hydrogen) atoms. The average Bonchev–Trinajstić information content (AvgIpc) is 2.33. The Kier molecular flexibility index (Phi) is 1.42. The maximum atomic E-state index is 10.2. The smallest absolute Gasteiger partial charge is 0.340 e. The van der Waals surface area contributed by atoms with Gasteiger partial charge in [-0.15, -0.1) is 0 Å². The standard InChI is InChI=1S/C6H3NO3/c7-3-5-4(6(8)9)1-2-10-5/h1-2H,(H,8,9). The van der Waals surface area contributed by atoms with Gasteiger partial charge in [0.05, 0.1) is 6.26 Å². The SMILES string of the molecule is N#Cc1occc1C(=O)O. The molecule has 1 rings (SSSR count). The summed E-state index contributed by atoms with van der Waals surface area (Å²) in [5.41, 5.74) is -0.0949. The first-order chi connectivity index (χ1) is 4.75. The molecular formula is C6H3NO3. The van der Waals surface area contributed by atoms with E-state index in [9.17, 15) is 4.79 Å². The van der Waals surface area contributed by atoms with Crippen molar-refractivity contribution in [2.45, 2.75) is 0 Å². The highest BCUT2D eigenvalue weighted by Gasteiger charge is 2.11. The zero-order valence-corrected chi connectivity index (χ0v) is 4.87. The average molecular weight is 137 g/mol. The Morgan fingerprint density at radius 2 is 2.50 bits per heavy atom. The van der Waals surface area contributed by atoms with Gasteiger partial charge in [-0.05, 0) is 6.07 Å². The third-order valence-corrected chi connectivity index (χ3v) is 0.997. The molecule has 0 saturated carbocycles. The lowest BCUT2D eigenvalue weighted by atomic mass is 10.3. The van der Waals surface area contributed by atoms with E-state index >= 15 is 0 Å². The summed E-state index contributed by atoms with van der Waals surface area (Å²) in [5, 5.41) is 16.6. The fourth-order valence-corrected chi connectivity index (χ4v) is 0.564. The van der Waals surface area contributed by atoms with E-state index in [4.69, 9.17) is 10.4 Å². The molecule has 0 aromatic carbocycles. The van der Waals surface area contributed by atoms with Gasteiger partial charge in [-0.2, -0.15) is 5.26 Å². The monoisotopic (exact) mass is 137 g/mol. The normalized spacial score (nSPS) is 8.70. The molecule has 1 heterocycles. The van der Waals surface area contributed by atoms with Gasteiger partial charge < -0.3 is 9.52 Å². The molecule has 0 fully saturated rings. The number of carboxylic acid groups (broad SMARTS) is 1. The Hall–Kier alpha value is -1.76. The number of carbonyl (C=O) groups is 1. The van der Waals surface area contributed by atoms with Gasteiger partial charge in [-0.25, -0.2) is 4.79 Å². The molecule has 0 aliphatic heterocycles. The summed E-state index contributed by atoms with van der Waals surface area (Å²) in [7, 11) is 0. The van der Waals surface area contributed by atoms with Gasteiger partial charge in [0.2, 0.25) is 5.76 Å². The van der Waals surface area contributed by atoms with Gasteiger partial charge >= 0.3 is 5.97 Å². The highest BCUT2D eigenvalue weighted by atomic mass is 16.4. The molecule has 0 aliphatic rings. The van der Waals surface area contributed by atoms with Crippen molar-refractivity contribution in [2.24, 2.45) is 0 Å². The third-order valence-electron chi connectivity index (χ3n) is 0.997. The van der Waals surface area contributed by atoms with E-state index in [0.29, 0.717) is 0 Å². The second-order valence-corrected chi connectivity index (χ2v) is 1.58. The number of hydrogen-bond acceptors (Lipinski definition) is 3. The Labute approximate surface area is 56.3 Å². The van der Waals surface area contributed by atoms with Crippen LogP contribution in [0.15, 0.2) is 16.7 Å². The molecule has 1 N–H and O–H groups in total. The molecule has 50 valence electrons. The van der Waals surface area contributed by atoms with Crippen LogP contribution in [0.25, 0.3) is 0 Å². The molecule has 4 nitrogen and oxygen atoms in total. The van der Waals surface area contributed by atoms with Crippen LogP contribution in [0.4, 0.5) is 0 Å². The first-order valence-corrected chi connectivity index (χ1v) is 2.46. The maximum Gasteiger partial charge on any atom is 0.340 e. The number of rotatable bonds is 1. The first-order valence-electron chi connectivity index (χ1n) is 2.46. The van der Waals surface area contributed by atoms with E-state index in [1.54, 1.807) is 6.07 Å². The lowest BCUT2D eigenvalue weighted by molar-refractivity contribution is 0.0695. The summed E-state index contributed by atoms with van der Waals surface area (Å²) in [6.07, 6.45) is 1.17. The third kappa shape index (κ3) is 0.845. The fourth-order valence-electron chi connectivity index (χ4n) is 0.564. The largest absolute Gasteiger partial charge is 0.478 e. The minimum Gasteiger partial charge on any atom is -0.478 e. The molecule has 0 amide bonds. The number of nitrogens with zero attached hydrogens (tertiary/aromatic N) is 1. The fraction of sp³-hybridized carbons (Fsp3) is 0. The minimum absolute atomic E-state index is 0.0949. The van der Waals surface area contributed by atoms with Crippen LogP contribution in [0.2, 0.25) is 0 Å². The van der Waals surface area contributed by atoms with Crippen molar-refractivity contribution < 1.29 is 14.3 Å². The summed E-state index contributed by atoms with van der Waals surface area (Å²) in [6, 6.07) is 2.85. The maximum absolute atomic E-state index is 10.2. The van der Waals surface area contributed by atoms with Crippen molar-refractivity contribution in [3.05, 3.63) is 23.7 Å². The van der Waals surface area contributed by atoms with Crippen molar-refractivity contribution in [1.82, 2.24) is 0 Å². The summed E-state index contributed by atoms with van der Waals surface area (Å²) < 4.78 is 4.53. The van der Waals surface area contributed by atoms with E-state index in [1.807, 2.05) is 0 Å². The molecule has 0 bridgehead atoms. The van der Waals surface area contributed by atoms with Gasteiger partial charge in [0.25, 0.3) is 0 Å². The minimum atomic E-state index is -1.15. The zero-order chi connectivity index (χ0) is 7.56. The molecule has 0 aliphatic carbocycles. The summed E-state index contributed by atoms with van der Waals surface area (Å²) in [5.74, 6) is -1.31. The van der Waals surface area contributed by atoms with Crippen LogP contribution in [0.1, 0.15) is 16.1 Å². The van der Waals surface area contributed by atoms with Crippen LogP contribution in [-0.4, -0.2) is 11.1 Å². The van der Waals surface area contributed by atoms with E-state index < -0.39 is 5.97 Å². The van der Waals surface area contributed by atoms with E-state index in [1.165, 1.54) is 12.3 Å². The van der Waals surface area contributed by atoms with Crippen molar-refractivity contribution >= 4 is 5.97 Å². The van der Waals surface area contributed by atoms with Crippen molar-refractivity contribution in [2.75, 3.05) is 0 Å². The van der Waals surface area contributed by atoms with Crippen LogP contribution >= 0.6 is 0 Å². The van der Waals surface area contributed by atoms with Crippen LogP contribution < -0.4 is 0 Å². The first kappa shape index (κ1) is 6.36. The molecule has 0 saturated heterocycles. The molecule has 0 spiro atoms. The van der Waals surface area contributed by atoms with Gasteiger partial charge in [0, 0.05) is 0 Å². The van der Waals surface area contributed by atoms with E-state index in [0.717, 1.165) is 0 Å². The quantitative estimate of drug-likeness (QED) is 0.622. The predicted octanol–water partition coefficient (Wildman–Crippen LogP) is 0.849. The molecule has 0 atom stereocenters. The van der Waals surface area contributed by atoms with Crippen molar-refractivity contribution in [3.8, 4) is 6.07 Å². The van der Waals surface area contributed by atoms with Gasteiger partial charge in [0.1, 0.15) is 11.6 Å². The van der Waals surface area contributed by atoms with Crippen LogP contribution in [0.5, 0.6) is 0 Å². The van der Waals surface area contributed by atoms with Crippen LogP contribution in [-0.2, 0) is 0 Å². The van der Waals surface area contributed by atoms with Gasteiger partial charge in [0.15, 0.2) is 0 Å². The molecular weight excluding hydrogens is 134 g/mol. The topological polar surface area (TPSA) is 74.2 Å². The van der Waals surface area contributed by atoms with E-state index in [-0.39, 0.29) is 11.3 Å². The second kappa shape index (κ2) is 2.23. The Morgan fingerprint density at radius 3 is 2.90 bits per heavy atom. The van der Waals surface area contributed by atoms with Gasteiger partial charge in [-0.1, -0.05) is 0 Å². The number of hydrogen-bond donors (Lipinski definition) is 1. The Bertz CT molecular complexity index is 294. The molecule has 1 aromatic heterocycles.